The van der Waals surface area contributed by atoms with Gasteiger partial charge in [-0.25, -0.2) is 0 Å². The van der Waals surface area contributed by atoms with E-state index in [1.807, 2.05) is 11.8 Å². The van der Waals surface area contributed by atoms with Gasteiger partial charge in [0.25, 0.3) is 0 Å². The van der Waals surface area contributed by atoms with Crippen molar-refractivity contribution in [1.82, 2.24) is 5.32 Å². The van der Waals surface area contributed by atoms with Crippen LogP contribution in [-0.2, 0) is 0 Å². The van der Waals surface area contributed by atoms with Crippen molar-refractivity contribution in [3.8, 4) is 0 Å². The highest BCUT2D eigenvalue weighted by atomic mass is 32.2. The van der Waals surface area contributed by atoms with Gasteiger partial charge >= 0.3 is 0 Å². The molecule has 0 aromatic carbocycles. The molecular weight excluding hydrogens is 130 g/mol. The van der Waals surface area contributed by atoms with Crippen molar-refractivity contribution in [2.45, 2.75) is 25.7 Å². The highest BCUT2D eigenvalue weighted by Gasteiger charge is 1.94. The smallest absolute Gasteiger partial charge is 0.0417 e. The molecule has 0 spiro atoms. The van der Waals surface area contributed by atoms with Crippen LogP contribution in [-0.4, -0.2) is 18.2 Å². The summed E-state index contributed by atoms with van der Waals surface area (Å²) in [7, 11) is 0. The first-order valence-corrected chi connectivity index (χ1v) is 4.94. The topological polar surface area (TPSA) is 12.0 Å². The summed E-state index contributed by atoms with van der Waals surface area (Å²) in [6, 6.07) is 0. The van der Waals surface area contributed by atoms with Crippen LogP contribution in [0.5, 0.6) is 0 Å². The molecule has 1 aliphatic rings. The van der Waals surface area contributed by atoms with Gasteiger partial charge in [-0.05, 0) is 25.1 Å². The molecule has 9 heavy (non-hydrogen) atoms. The summed E-state index contributed by atoms with van der Waals surface area (Å²) < 4.78 is 0. The average molecular weight is 145 g/mol. The third-order valence-electron chi connectivity index (χ3n) is 1.60. The van der Waals surface area contributed by atoms with Gasteiger partial charge in [0, 0.05) is 5.88 Å². The first kappa shape index (κ1) is 7.42. The van der Waals surface area contributed by atoms with Gasteiger partial charge in [0.2, 0.25) is 0 Å². The number of thioether (sulfide) groups is 1. The van der Waals surface area contributed by atoms with Crippen molar-refractivity contribution in [2.24, 2.45) is 0 Å². The van der Waals surface area contributed by atoms with Crippen molar-refractivity contribution in [1.29, 1.82) is 0 Å². The van der Waals surface area contributed by atoms with Crippen molar-refractivity contribution in [2.75, 3.05) is 18.2 Å². The highest BCUT2D eigenvalue weighted by Crippen LogP contribution is 2.08. The quantitative estimate of drug-likeness (QED) is 0.558. The van der Waals surface area contributed by atoms with Crippen LogP contribution in [0, 0.1) is 0 Å². The lowest BCUT2D eigenvalue weighted by atomic mass is 10.2. The zero-order valence-corrected chi connectivity index (χ0v) is 6.67. The third kappa shape index (κ3) is 3.82. The van der Waals surface area contributed by atoms with Crippen LogP contribution in [0.2, 0.25) is 0 Å². The standard InChI is InChI=1S/C7H15NS/c1-2-4-6-9-7-8-5-3-1/h8H,1-7H2. The molecule has 0 bridgehead atoms. The van der Waals surface area contributed by atoms with Crippen molar-refractivity contribution < 1.29 is 0 Å². The summed E-state index contributed by atoms with van der Waals surface area (Å²) in [4.78, 5) is 0. The van der Waals surface area contributed by atoms with Gasteiger partial charge in [-0.2, -0.15) is 0 Å². The summed E-state index contributed by atoms with van der Waals surface area (Å²) in [6.07, 6.45) is 5.66. The van der Waals surface area contributed by atoms with Crippen LogP contribution in [0.3, 0.4) is 0 Å². The van der Waals surface area contributed by atoms with Gasteiger partial charge in [-0.3, -0.25) is 0 Å². The fourth-order valence-corrected chi connectivity index (χ4v) is 1.87. The highest BCUT2D eigenvalue weighted by molar-refractivity contribution is 7.99. The monoisotopic (exact) mass is 145 g/mol. The molecule has 0 aromatic heterocycles. The molecule has 0 saturated carbocycles. The molecule has 1 aliphatic heterocycles. The normalized spacial score (nSPS) is 24.0. The Kier molecular flexibility index (Phi) is 4.22. The number of hydrogen-bond acceptors (Lipinski definition) is 2. The molecule has 1 nitrogen and oxygen atoms in total. The van der Waals surface area contributed by atoms with Gasteiger partial charge in [0.15, 0.2) is 0 Å². The maximum absolute atomic E-state index is 3.39. The molecule has 0 aromatic rings. The zero-order valence-electron chi connectivity index (χ0n) is 5.86. The molecule has 0 amide bonds. The van der Waals surface area contributed by atoms with Gasteiger partial charge in [-0.15, -0.1) is 11.8 Å². The minimum atomic E-state index is 1.17. The lowest BCUT2D eigenvalue weighted by Crippen LogP contribution is -2.13. The number of rotatable bonds is 0. The molecule has 0 atom stereocenters. The van der Waals surface area contributed by atoms with E-state index in [1.54, 1.807) is 0 Å². The second-order valence-corrected chi connectivity index (χ2v) is 3.57. The second kappa shape index (κ2) is 5.12. The Morgan fingerprint density at radius 1 is 1.00 bits per heavy atom. The van der Waals surface area contributed by atoms with Crippen LogP contribution >= 0.6 is 11.8 Å². The van der Waals surface area contributed by atoms with E-state index in [0.717, 1.165) is 0 Å². The van der Waals surface area contributed by atoms with Crippen LogP contribution < -0.4 is 5.32 Å². The molecule has 0 radical (unpaired) electrons. The van der Waals surface area contributed by atoms with E-state index in [4.69, 9.17) is 0 Å². The van der Waals surface area contributed by atoms with Gasteiger partial charge < -0.3 is 5.32 Å². The average Bonchev–Trinajstić information content (AvgIpc) is 2.00. The first-order valence-electron chi connectivity index (χ1n) is 3.78. The summed E-state index contributed by atoms with van der Waals surface area (Å²) in [6.45, 7) is 1.23. The summed E-state index contributed by atoms with van der Waals surface area (Å²) in [5.41, 5.74) is 0. The molecule has 1 saturated heterocycles. The maximum Gasteiger partial charge on any atom is 0.0417 e. The van der Waals surface area contributed by atoms with E-state index >= 15 is 0 Å². The Morgan fingerprint density at radius 3 is 2.89 bits per heavy atom. The predicted octanol–water partition coefficient (Wildman–Crippen LogP) is 1.84. The molecule has 54 valence electrons. The minimum absolute atomic E-state index is 1.17. The second-order valence-electron chi connectivity index (χ2n) is 2.47. The molecule has 0 aliphatic carbocycles. The van der Waals surface area contributed by atoms with Crippen LogP contribution in [0.4, 0.5) is 0 Å². The predicted molar refractivity (Wildman–Crippen MR) is 43.8 cm³/mol. The molecule has 1 heterocycles. The molecule has 0 unspecified atom stereocenters. The Morgan fingerprint density at radius 2 is 1.89 bits per heavy atom. The van der Waals surface area contributed by atoms with Crippen molar-refractivity contribution >= 4 is 11.8 Å². The van der Waals surface area contributed by atoms with Crippen LogP contribution in [0.25, 0.3) is 0 Å². The fourth-order valence-electron chi connectivity index (χ4n) is 1.02. The van der Waals surface area contributed by atoms with Crippen LogP contribution in [0.1, 0.15) is 25.7 Å². The van der Waals surface area contributed by atoms with E-state index in [2.05, 4.69) is 5.32 Å². The first-order chi connectivity index (χ1) is 4.50. The molecular formula is C7H15NS. The van der Waals surface area contributed by atoms with E-state index < -0.39 is 0 Å². The van der Waals surface area contributed by atoms with Gasteiger partial charge in [0.05, 0.1) is 0 Å². The van der Waals surface area contributed by atoms with E-state index in [-0.39, 0.29) is 0 Å². The Balaban J connectivity index is 2.02. The summed E-state index contributed by atoms with van der Waals surface area (Å²) in [5.74, 6) is 2.52. The van der Waals surface area contributed by atoms with E-state index in [1.165, 1.54) is 43.9 Å². The molecule has 1 N–H and O–H groups in total. The van der Waals surface area contributed by atoms with Crippen molar-refractivity contribution in [3.05, 3.63) is 0 Å². The SMILES string of the molecule is C1CCCSCNCC1. The summed E-state index contributed by atoms with van der Waals surface area (Å²) >= 11 is 2.03. The number of hydrogen-bond donors (Lipinski definition) is 1. The molecule has 2 heteroatoms. The largest absolute Gasteiger partial charge is 0.308 e. The Bertz CT molecular complexity index is 37.4. The van der Waals surface area contributed by atoms with Crippen molar-refractivity contribution in [3.63, 3.8) is 0 Å². The molecule has 1 fully saturated rings. The van der Waals surface area contributed by atoms with Crippen LogP contribution in [0.15, 0.2) is 0 Å². The minimum Gasteiger partial charge on any atom is -0.308 e. The van der Waals surface area contributed by atoms with E-state index in [9.17, 15) is 0 Å². The lowest BCUT2D eigenvalue weighted by molar-refractivity contribution is 0.640. The zero-order chi connectivity index (χ0) is 6.36. The third-order valence-corrected chi connectivity index (χ3v) is 2.58. The Labute approximate surface area is 61.6 Å². The number of nitrogens with one attached hydrogen (secondary N) is 1. The Hall–Kier alpha value is 0.310. The fraction of sp³-hybridized carbons (Fsp3) is 1.00. The molecule has 1 rings (SSSR count). The van der Waals surface area contributed by atoms with Gasteiger partial charge in [0.1, 0.15) is 0 Å². The lowest BCUT2D eigenvalue weighted by Gasteiger charge is -1.97. The van der Waals surface area contributed by atoms with E-state index in [0.29, 0.717) is 0 Å². The summed E-state index contributed by atoms with van der Waals surface area (Å²) in [5, 5.41) is 3.39. The van der Waals surface area contributed by atoms with Gasteiger partial charge in [-0.1, -0.05) is 12.8 Å². The maximum atomic E-state index is 3.39.